The van der Waals surface area contributed by atoms with Gasteiger partial charge in [-0.15, -0.1) is 0 Å². The average molecular weight is 337 g/mol. The van der Waals surface area contributed by atoms with E-state index in [0.29, 0.717) is 24.7 Å². The second-order valence-electron chi connectivity index (χ2n) is 4.57. The van der Waals surface area contributed by atoms with Gasteiger partial charge < -0.3 is 14.1 Å². The minimum absolute atomic E-state index is 0.0254. The van der Waals surface area contributed by atoms with Crippen LogP contribution in [0.4, 0.5) is 0 Å². The summed E-state index contributed by atoms with van der Waals surface area (Å²) < 4.78 is 11.8. The van der Waals surface area contributed by atoms with Crippen molar-refractivity contribution in [3.63, 3.8) is 0 Å². The van der Waals surface area contributed by atoms with Crippen molar-refractivity contribution in [3.05, 3.63) is 47.0 Å². The number of hydrogen-bond donors (Lipinski definition) is 0. The van der Waals surface area contributed by atoms with Crippen molar-refractivity contribution in [1.29, 1.82) is 0 Å². The molecule has 6 heteroatoms. The largest absolute Gasteiger partial charge is 0.472 e. The van der Waals surface area contributed by atoms with E-state index in [1.165, 1.54) is 6.26 Å². The number of hydrogen-bond acceptors (Lipinski definition) is 4. The standard InChI is InChI=1S/C14H13BrN2O3/c15-10-3-4-13(16-8-10)20-11-5-6-17(9-11)14(18)12-2-1-7-19-12/h1-4,7-8,11H,5-6,9H2/t11-/m0/s1. The fraction of sp³-hybridized carbons (Fsp3) is 0.286. The van der Waals surface area contributed by atoms with Crippen LogP contribution in [0.3, 0.4) is 0 Å². The molecular formula is C14H13BrN2O3. The lowest BCUT2D eigenvalue weighted by atomic mass is 10.3. The molecule has 2 aromatic heterocycles. The van der Waals surface area contributed by atoms with Gasteiger partial charge in [0.25, 0.3) is 5.91 Å². The van der Waals surface area contributed by atoms with Crippen LogP contribution < -0.4 is 4.74 Å². The van der Waals surface area contributed by atoms with Crippen LogP contribution in [-0.4, -0.2) is 35.0 Å². The summed E-state index contributed by atoms with van der Waals surface area (Å²) in [5, 5.41) is 0. The molecule has 0 unspecified atom stereocenters. The Balaban J connectivity index is 1.59. The molecule has 0 radical (unpaired) electrons. The lowest BCUT2D eigenvalue weighted by Gasteiger charge is -2.15. The van der Waals surface area contributed by atoms with E-state index < -0.39 is 0 Å². The smallest absolute Gasteiger partial charge is 0.289 e. The normalized spacial score (nSPS) is 18.2. The summed E-state index contributed by atoms with van der Waals surface area (Å²) in [6, 6.07) is 7.07. The van der Waals surface area contributed by atoms with Gasteiger partial charge in [0, 0.05) is 29.7 Å². The Bertz CT molecular complexity index is 583. The molecule has 0 spiro atoms. The summed E-state index contributed by atoms with van der Waals surface area (Å²) >= 11 is 3.33. The number of rotatable bonds is 3. The number of ether oxygens (including phenoxy) is 1. The molecule has 0 aromatic carbocycles. The topological polar surface area (TPSA) is 55.6 Å². The van der Waals surface area contributed by atoms with Crippen LogP contribution >= 0.6 is 15.9 Å². The van der Waals surface area contributed by atoms with E-state index in [4.69, 9.17) is 9.15 Å². The summed E-state index contributed by atoms with van der Waals surface area (Å²) in [4.78, 5) is 18.0. The van der Waals surface area contributed by atoms with Crippen LogP contribution in [0.15, 0.2) is 45.6 Å². The second-order valence-corrected chi connectivity index (χ2v) is 5.49. The van der Waals surface area contributed by atoms with E-state index in [1.54, 1.807) is 29.3 Å². The molecule has 0 aliphatic carbocycles. The highest BCUT2D eigenvalue weighted by Gasteiger charge is 2.29. The molecule has 3 heterocycles. The third-order valence-corrected chi connectivity index (χ3v) is 3.62. The Hall–Kier alpha value is -1.82. The maximum absolute atomic E-state index is 12.1. The number of amides is 1. The summed E-state index contributed by atoms with van der Waals surface area (Å²) in [7, 11) is 0. The summed E-state index contributed by atoms with van der Waals surface area (Å²) in [5.41, 5.74) is 0. The van der Waals surface area contributed by atoms with Gasteiger partial charge in [-0.2, -0.15) is 0 Å². The monoisotopic (exact) mass is 336 g/mol. The third kappa shape index (κ3) is 2.85. The van der Waals surface area contributed by atoms with Crippen molar-refractivity contribution in [3.8, 4) is 5.88 Å². The predicted molar refractivity (Wildman–Crippen MR) is 75.6 cm³/mol. The summed E-state index contributed by atoms with van der Waals surface area (Å²) in [6.45, 7) is 1.22. The average Bonchev–Trinajstić information content (AvgIpc) is 3.12. The maximum Gasteiger partial charge on any atom is 0.289 e. The maximum atomic E-state index is 12.1. The molecule has 0 saturated carbocycles. The molecule has 1 aliphatic heterocycles. The first-order valence-electron chi connectivity index (χ1n) is 6.33. The quantitative estimate of drug-likeness (QED) is 0.864. The fourth-order valence-electron chi connectivity index (χ4n) is 2.17. The molecular weight excluding hydrogens is 324 g/mol. The van der Waals surface area contributed by atoms with Crippen molar-refractivity contribution in [2.45, 2.75) is 12.5 Å². The van der Waals surface area contributed by atoms with Crippen LogP contribution in [0.1, 0.15) is 17.0 Å². The Kier molecular flexibility index (Phi) is 3.73. The molecule has 1 saturated heterocycles. The van der Waals surface area contributed by atoms with Crippen molar-refractivity contribution in [2.24, 2.45) is 0 Å². The van der Waals surface area contributed by atoms with Crippen molar-refractivity contribution >= 4 is 21.8 Å². The van der Waals surface area contributed by atoms with Crippen molar-refractivity contribution in [2.75, 3.05) is 13.1 Å². The minimum atomic E-state index is -0.0927. The van der Waals surface area contributed by atoms with Crippen LogP contribution in [-0.2, 0) is 0 Å². The molecule has 2 aromatic rings. The van der Waals surface area contributed by atoms with E-state index in [9.17, 15) is 4.79 Å². The molecule has 0 bridgehead atoms. The van der Waals surface area contributed by atoms with Gasteiger partial charge in [0.2, 0.25) is 5.88 Å². The first kappa shape index (κ1) is 13.2. The zero-order chi connectivity index (χ0) is 13.9. The number of carbonyl (C=O) groups excluding carboxylic acids is 1. The van der Waals surface area contributed by atoms with Crippen LogP contribution in [0.2, 0.25) is 0 Å². The number of nitrogens with zero attached hydrogens (tertiary/aromatic N) is 2. The molecule has 1 aliphatic rings. The molecule has 1 atom stereocenters. The van der Waals surface area contributed by atoms with Crippen molar-refractivity contribution in [1.82, 2.24) is 9.88 Å². The van der Waals surface area contributed by atoms with Crippen LogP contribution in [0, 0.1) is 0 Å². The number of pyridine rings is 1. The van der Waals surface area contributed by atoms with E-state index in [1.807, 2.05) is 6.07 Å². The van der Waals surface area contributed by atoms with Gasteiger partial charge in [0.15, 0.2) is 5.76 Å². The highest BCUT2D eigenvalue weighted by Crippen LogP contribution is 2.19. The minimum Gasteiger partial charge on any atom is -0.472 e. The lowest BCUT2D eigenvalue weighted by Crippen LogP contribution is -2.30. The van der Waals surface area contributed by atoms with Gasteiger partial charge in [0.05, 0.1) is 12.8 Å². The van der Waals surface area contributed by atoms with Gasteiger partial charge in [-0.05, 0) is 34.1 Å². The molecule has 1 amide bonds. The van der Waals surface area contributed by atoms with Crippen LogP contribution in [0.25, 0.3) is 0 Å². The third-order valence-electron chi connectivity index (χ3n) is 3.15. The zero-order valence-corrected chi connectivity index (χ0v) is 12.2. The number of halogens is 1. The Labute approximate surface area is 124 Å². The fourth-order valence-corrected chi connectivity index (χ4v) is 2.40. The number of furan rings is 1. The van der Waals surface area contributed by atoms with Gasteiger partial charge in [-0.3, -0.25) is 4.79 Å². The second kappa shape index (κ2) is 5.66. The Morgan fingerprint density at radius 2 is 2.35 bits per heavy atom. The lowest BCUT2D eigenvalue weighted by molar-refractivity contribution is 0.0740. The highest BCUT2D eigenvalue weighted by atomic mass is 79.9. The van der Waals surface area contributed by atoms with Gasteiger partial charge in [-0.1, -0.05) is 0 Å². The van der Waals surface area contributed by atoms with Gasteiger partial charge in [0.1, 0.15) is 6.10 Å². The summed E-state index contributed by atoms with van der Waals surface area (Å²) in [5.74, 6) is 0.850. The number of carbonyl (C=O) groups is 1. The molecule has 3 rings (SSSR count). The SMILES string of the molecule is O=C(c1ccco1)N1CC[C@H](Oc2ccc(Br)cn2)C1. The molecule has 5 nitrogen and oxygen atoms in total. The number of aromatic nitrogens is 1. The molecule has 104 valence electrons. The predicted octanol–water partition coefficient (Wildman–Crippen LogP) is 2.73. The summed E-state index contributed by atoms with van der Waals surface area (Å²) in [6.07, 6.45) is 3.96. The molecule has 1 fully saturated rings. The zero-order valence-electron chi connectivity index (χ0n) is 10.7. The Morgan fingerprint density at radius 1 is 1.45 bits per heavy atom. The van der Waals surface area contributed by atoms with E-state index in [-0.39, 0.29) is 12.0 Å². The van der Waals surface area contributed by atoms with E-state index >= 15 is 0 Å². The number of likely N-dealkylation sites (tertiary alicyclic amines) is 1. The first-order chi connectivity index (χ1) is 9.72. The van der Waals surface area contributed by atoms with E-state index in [2.05, 4.69) is 20.9 Å². The first-order valence-corrected chi connectivity index (χ1v) is 7.12. The van der Waals surface area contributed by atoms with Crippen molar-refractivity contribution < 1.29 is 13.9 Å². The molecule has 0 N–H and O–H groups in total. The highest BCUT2D eigenvalue weighted by molar-refractivity contribution is 9.10. The van der Waals surface area contributed by atoms with Gasteiger partial charge >= 0.3 is 0 Å². The van der Waals surface area contributed by atoms with Gasteiger partial charge in [-0.25, -0.2) is 4.98 Å². The van der Waals surface area contributed by atoms with E-state index in [0.717, 1.165) is 10.9 Å². The van der Waals surface area contributed by atoms with Crippen LogP contribution in [0.5, 0.6) is 5.88 Å². The molecule has 20 heavy (non-hydrogen) atoms. The Morgan fingerprint density at radius 3 is 3.05 bits per heavy atom.